The highest BCUT2D eigenvalue weighted by molar-refractivity contribution is 9.10. The van der Waals surface area contributed by atoms with E-state index in [1.165, 1.54) is 0 Å². The van der Waals surface area contributed by atoms with Gasteiger partial charge >= 0.3 is 11.9 Å². The van der Waals surface area contributed by atoms with Crippen LogP contribution in [0.2, 0.25) is 0 Å². The number of carbonyl (C=O) groups is 4. The number of rotatable bonds is 8. The van der Waals surface area contributed by atoms with Crippen LogP contribution in [0.4, 0.5) is 0 Å². The van der Waals surface area contributed by atoms with E-state index in [1.54, 1.807) is 24.5 Å². The number of aromatic nitrogens is 2. The highest BCUT2D eigenvalue weighted by atomic mass is 79.9. The minimum absolute atomic E-state index is 0.0369. The molecule has 30 heavy (non-hydrogen) atoms. The lowest BCUT2D eigenvalue weighted by Crippen LogP contribution is -2.60. The van der Waals surface area contributed by atoms with E-state index in [0.717, 1.165) is 0 Å². The maximum absolute atomic E-state index is 12.2. The molecule has 0 spiro atoms. The summed E-state index contributed by atoms with van der Waals surface area (Å²) in [4.78, 5) is 53.3. The van der Waals surface area contributed by atoms with Crippen LogP contribution in [0, 0.1) is 23.7 Å². The Morgan fingerprint density at radius 3 is 1.43 bits per heavy atom. The molecular weight excluding hydrogens is 528 g/mol. The van der Waals surface area contributed by atoms with E-state index >= 15 is 0 Å². The Morgan fingerprint density at radius 2 is 1.17 bits per heavy atom. The number of aliphatic carboxylic acids is 2. The van der Waals surface area contributed by atoms with Crippen molar-refractivity contribution in [3.63, 3.8) is 0 Å². The fourth-order valence-electron chi connectivity index (χ4n) is 3.76. The first-order valence-corrected chi connectivity index (χ1v) is 10.5. The number of H-pyrrole nitrogens is 2. The van der Waals surface area contributed by atoms with Crippen LogP contribution in [0.1, 0.15) is 21.0 Å². The van der Waals surface area contributed by atoms with Gasteiger partial charge < -0.3 is 30.8 Å². The Hall–Kier alpha value is -2.60. The number of aromatic amines is 2. The van der Waals surface area contributed by atoms with Crippen LogP contribution in [0.5, 0.6) is 0 Å². The molecule has 1 fully saturated rings. The zero-order valence-electron chi connectivity index (χ0n) is 15.3. The molecular formula is C18H18Br2N4O6. The molecule has 1 aliphatic rings. The molecule has 3 rings (SSSR count). The molecule has 12 heteroatoms. The second kappa shape index (κ2) is 9.04. The Bertz CT molecular complexity index is 909. The van der Waals surface area contributed by atoms with Crippen molar-refractivity contribution < 1.29 is 29.4 Å². The third-order valence-corrected chi connectivity index (χ3v) is 6.13. The van der Waals surface area contributed by atoms with E-state index < -0.39 is 47.4 Å². The number of carbonyl (C=O) groups excluding carboxylic acids is 2. The molecule has 10 nitrogen and oxygen atoms in total. The number of carboxylic acid groups (broad SMARTS) is 2. The van der Waals surface area contributed by atoms with Crippen LogP contribution >= 0.6 is 31.9 Å². The molecule has 2 amide bonds. The standard InChI is InChI=1S/C18H18Br2N4O6/c19-7-1-11(21-3-7)15(25)23-5-9-10(14(18(29)30)13(9)17(27)28)6-24-16(26)12-2-8(20)4-22-12/h1-4,9-10,13-14,21-22H,5-6H2,(H,23,25)(H,24,26)(H,27,28)(H,29,30). The third-order valence-electron chi connectivity index (χ3n) is 5.21. The van der Waals surface area contributed by atoms with E-state index in [0.29, 0.717) is 8.95 Å². The Balaban J connectivity index is 1.68. The number of hydrogen-bond acceptors (Lipinski definition) is 4. The van der Waals surface area contributed by atoms with Crippen molar-refractivity contribution >= 4 is 55.6 Å². The average Bonchev–Trinajstić information content (AvgIpc) is 3.28. The molecule has 2 aromatic rings. The topological polar surface area (TPSA) is 164 Å². The summed E-state index contributed by atoms with van der Waals surface area (Å²) in [5, 5.41) is 24.3. The second-order valence-corrected chi connectivity index (χ2v) is 8.77. The summed E-state index contributed by atoms with van der Waals surface area (Å²) >= 11 is 6.44. The summed E-state index contributed by atoms with van der Waals surface area (Å²) in [5.74, 6) is -7.02. The van der Waals surface area contributed by atoms with Crippen LogP contribution in [0.25, 0.3) is 0 Å². The van der Waals surface area contributed by atoms with Crippen molar-refractivity contribution in [1.82, 2.24) is 20.6 Å². The molecule has 0 saturated heterocycles. The van der Waals surface area contributed by atoms with Gasteiger partial charge in [0.25, 0.3) is 11.8 Å². The quantitative estimate of drug-likeness (QED) is 0.295. The number of amides is 2. The molecule has 0 aliphatic heterocycles. The summed E-state index contributed by atoms with van der Waals surface area (Å²) in [6, 6.07) is 3.13. The molecule has 4 unspecified atom stereocenters. The zero-order chi connectivity index (χ0) is 22.0. The van der Waals surface area contributed by atoms with Crippen molar-refractivity contribution in [2.45, 2.75) is 0 Å². The van der Waals surface area contributed by atoms with Crippen molar-refractivity contribution in [3.05, 3.63) is 44.9 Å². The van der Waals surface area contributed by atoms with Crippen molar-refractivity contribution in [1.29, 1.82) is 0 Å². The number of carboxylic acids is 2. The molecule has 6 N–H and O–H groups in total. The monoisotopic (exact) mass is 544 g/mol. The molecule has 0 bridgehead atoms. The summed E-state index contributed by atoms with van der Waals surface area (Å²) in [6.45, 7) is -0.0738. The van der Waals surface area contributed by atoms with Crippen LogP contribution in [0.3, 0.4) is 0 Å². The van der Waals surface area contributed by atoms with Gasteiger partial charge in [-0.1, -0.05) is 0 Å². The highest BCUT2D eigenvalue weighted by Gasteiger charge is 2.57. The summed E-state index contributed by atoms with van der Waals surface area (Å²) in [6.07, 6.45) is 3.16. The van der Waals surface area contributed by atoms with Gasteiger partial charge in [0.15, 0.2) is 0 Å². The lowest BCUT2D eigenvalue weighted by atomic mass is 9.56. The first kappa shape index (κ1) is 22.1. The fourth-order valence-corrected chi connectivity index (χ4v) is 4.45. The molecule has 160 valence electrons. The van der Waals surface area contributed by atoms with E-state index in [9.17, 15) is 29.4 Å². The first-order valence-electron chi connectivity index (χ1n) is 8.89. The predicted molar refractivity (Wildman–Crippen MR) is 111 cm³/mol. The van der Waals surface area contributed by atoms with E-state index in [1.807, 2.05) is 0 Å². The van der Waals surface area contributed by atoms with Crippen LogP contribution in [0.15, 0.2) is 33.5 Å². The maximum Gasteiger partial charge on any atom is 0.307 e. The smallest absolute Gasteiger partial charge is 0.307 e. The summed E-state index contributed by atoms with van der Waals surface area (Å²) < 4.78 is 1.37. The number of halogens is 2. The van der Waals surface area contributed by atoms with Gasteiger partial charge in [0, 0.05) is 34.4 Å². The zero-order valence-corrected chi connectivity index (χ0v) is 18.5. The van der Waals surface area contributed by atoms with Gasteiger partial charge in [-0.05, 0) is 55.8 Å². The second-order valence-electron chi connectivity index (χ2n) is 6.94. The van der Waals surface area contributed by atoms with Gasteiger partial charge in [-0.3, -0.25) is 19.2 Å². The maximum atomic E-state index is 12.2. The van der Waals surface area contributed by atoms with Gasteiger partial charge in [-0.15, -0.1) is 0 Å². The Kier molecular flexibility index (Phi) is 6.66. The van der Waals surface area contributed by atoms with Gasteiger partial charge in [0.1, 0.15) is 11.4 Å². The van der Waals surface area contributed by atoms with E-state index in [2.05, 4.69) is 52.5 Å². The van der Waals surface area contributed by atoms with Crippen molar-refractivity contribution in [3.8, 4) is 0 Å². The lowest BCUT2D eigenvalue weighted by molar-refractivity contribution is -0.174. The van der Waals surface area contributed by atoms with Gasteiger partial charge in [0.2, 0.25) is 0 Å². The fraction of sp³-hybridized carbons (Fsp3) is 0.333. The number of nitrogens with one attached hydrogen (secondary N) is 4. The normalized spacial score (nSPS) is 22.7. The van der Waals surface area contributed by atoms with Crippen molar-refractivity contribution in [2.75, 3.05) is 13.1 Å². The molecule has 2 aromatic heterocycles. The number of hydrogen-bond donors (Lipinski definition) is 6. The Morgan fingerprint density at radius 1 is 0.800 bits per heavy atom. The summed E-state index contributed by atoms with van der Waals surface area (Å²) in [5.41, 5.74) is 0.565. The minimum Gasteiger partial charge on any atom is -0.481 e. The predicted octanol–water partition coefficient (Wildman–Crippen LogP) is 1.68. The average molecular weight is 546 g/mol. The van der Waals surface area contributed by atoms with Crippen LogP contribution in [-0.4, -0.2) is 57.0 Å². The first-order chi connectivity index (χ1) is 14.2. The molecule has 1 saturated carbocycles. The van der Waals surface area contributed by atoms with Crippen LogP contribution < -0.4 is 10.6 Å². The van der Waals surface area contributed by atoms with Crippen molar-refractivity contribution in [2.24, 2.45) is 23.7 Å². The highest BCUT2D eigenvalue weighted by Crippen LogP contribution is 2.46. The van der Waals surface area contributed by atoms with Gasteiger partial charge in [-0.2, -0.15) is 0 Å². The van der Waals surface area contributed by atoms with Crippen LogP contribution in [-0.2, 0) is 9.59 Å². The SMILES string of the molecule is O=C(NCC1C(CNC(=O)c2cc(Br)c[nH]2)C(C(=O)O)C1C(=O)O)c1cc(Br)c[nH]1. The molecule has 4 atom stereocenters. The van der Waals surface area contributed by atoms with Gasteiger partial charge in [-0.25, -0.2) is 0 Å². The summed E-state index contributed by atoms with van der Waals surface area (Å²) in [7, 11) is 0. The minimum atomic E-state index is -1.25. The van der Waals surface area contributed by atoms with Gasteiger partial charge in [0.05, 0.1) is 11.8 Å². The molecule has 0 radical (unpaired) electrons. The molecule has 1 aliphatic carbocycles. The molecule has 0 aromatic carbocycles. The third kappa shape index (κ3) is 4.59. The van der Waals surface area contributed by atoms with E-state index in [-0.39, 0.29) is 24.5 Å². The molecule has 2 heterocycles. The largest absolute Gasteiger partial charge is 0.481 e. The lowest BCUT2D eigenvalue weighted by Gasteiger charge is -2.47. The Labute approximate surface area is 187 Å². The van der Waals surface area contributed by atoms with E-state index in [4.69, 9.17) is 0 Å².